The van der Waals surface area contributed by atoms with Gasteiger partial charge in [0.15, 0.2) is 11.7 Å². The first-order valence-electron chi connectivity index (χ1n) is 18.4. The zero-order valence-corrected chi connectivity index (χ0v) is 31.9. The summed E-state index contributed by atoms with van der Waals surface area (Å²) in [4.78, 5) is 70.3. The lowest BCUT2D eigenvalue weighted by Crippen LogP contribution is -2.60. The average Bonchev–Trinajstić information content (AvgIpc) is 3.45. The molecule has 4 amide bonds. The molecule has 0 fully saturated rings. The number of ketones is 1. The number of guanidine groups is 1. The molecule has 0 unspecified atom stereocenters. The Bertz CT molecular complexity index is 1570. The smallest absolute Gasteiger partial charge is 0.407 e. The first kappa shape index (κ1) is 42.4. The van der Waals surface area contributed by atoms with E-state index in [4.69, 9.17) is 10.5 Å². The number of rotatable bonds is 19. The highest BCUT2D eigenvalue weighted by molar-refractivity contribution is 5.95. The maximum absolute atomic E-state index is 13.9. The first-order valence-corrected chi connectivity index (χ1v) is 18.4. The SMILES string of the molecule is CC[C@H](C)[C@H](NC(=O)[C@@H](CCCNC(N)=NC)NC(=O)[C@H](CC(C)C)NC(=O)OCC1c2ccccc2-c2ccccc21)C(=O)N[C@H](C(C)=O)[C@H](C)O. The fourth-order valence-corrected chi connectivity index (χ4v) is 6.39. The van der Waals surface area contributed by atoms with Gasteiger partial charge >= 0.3 is 6.09 Å². The van der Waals surface area contributed by atoms with Crippen LogP contribution in [0.3, 0.4) is 0 Å². The number of fused-ring (bicyclic) bond motifs is 3. The molecule has 53 heavy (non-hydrogen) atoms. The molecule has 6 atom stereocenters. The van der Waals surface area contributed by atoms with E-state index in [0.29, 0.717) is 19.4 Å². The predicted molar refractivity (Wildman–Crippen MR) is 204 cm³/mol. The highest BCUT2D eigenvalue weighted by Crippen LogP contribution is 2.44. The number of alkyl carbamates (subject to hydrolysis) is 1. The minimum absolute atomic E-state index is 0.00552. The van der Waals surface area contributed by atoms with Gasteiger partial charge in [-0.05, 0) is 67.2 Å². The van der Waals surface area contributed by atoms with E-state index in [0.717, 1.165) is 22.3 Å². The van der Waals surface area contributed by atoms with Gasteiger partial charge in [0.05, 0.1) is 6.10 Å². The van der Waals surface area contributed by atoms with Crippen molar-refractivity contribution in [2.45, 2.75) is 103 Å². The normalized spacial score (nSPS) is 15.8. The van der Waals surface area contributed by atoms with E-state index in [1.807, 2.05) is 69.3 Å². The molecule has 3 rings (SSSR count). The van der Waals surface area contributed by atoms with Gasteiger partial charge < -0.3 is 42.2 Å². The molecule has 1 aliphatic carbocycles. The zero-order valence-electron chi connectivity index (χ0n) is 31.9. The number of nitrogens with two attached hydrogens (primary N) is 1. The average molecular weight is 736 g/mol. The molecule has 14 heteroatoms. The van der Waals surface area contributed by atoms with Crippen LogP contribution in [0.2, 0.25) is 0 Å². The highest BCUT2D eigenvalue weighted by Gasteiger charge is 2.34. The van der Waals surface area contributed by atoms with Gasteiger partial charge in [0.1, 0.15) is 30.8 Å². The molecule has 14 nitrogen and oxygen atoms in total. The van der Waals surface area contributed by atoms with E-state index >= 15 is 0 Å². The topological polar surface area (TPSA) is 213 Å². The van der Waals surface area contributed by atoms with Gasteiger partial charge in [-0.2, -0.15) is 0 Å². The second-order valence-corrected chi connectivity index (χ2v) is 14.1. The van der Waals surface area contributed by atoms with Gasteiger partial charge in [0, 0.05) is 19.5 Å². The summed E-state index contributed by atoms with van der Waals surface area (Å²) in [5.74, 6) is -2.61. The van der Waals surface area contributed by atoms with Crippen molar-refractivity contribution in [3.8, 4) is 11.1 Å². The number of aliphatic hydroxyl groups is 1. The standard InChI is InChI=1S/C39H57N7O7/c1-8-23(4)33(37(51)46-34(24(5)47)25(6)48)45-35(49)31(18-13-19-42-38(40)41-7)43-36(50)32(20-22(2)3)44-39(52)53-21-30-28-16-11-9-14-26(28)27-15-10-12-17-29(27)30/h9-12,14-17,22-24,30-34,47H,8,13,18-21H2,1-7H3,(H,43,50)(H,44,52)(H,45,49)(H,46,51)(H3,40,41,42)/t23-,24-,31+,32-,33-,34-/m0/s1. The van der Waals surface area contributed by atoms with Gasteiger partial charge in [-0.15, -0.1) is 0 Å². The number of nitrogens with zero attached hydrogens (tertiary/aromatic N) is 1. The van der Waals surface area contributed by atoms with Crippen molar-refractivity contribution in [1.82, 2.24) is 26.6 Å². The summed E-state index contributed by atoms with van der Waals surface area (Å²) < 4.78 is 5.72. The number of aliphatic imine (C=N–C) groups is 1. The number of ether oxygens (including phenoxy) is 1. The molecule has 1 aliphatic rings. The number of hydrogen-bond donors (Lipinski definition) is 7. The van der Waals surface area contributed by atoms with Crippen LogP contribution in [-0.2, 0) is 23.9 Å². The number of carbonyl (C=O) groups excluding carboxylic acids is 5. The van der Waals surface area contributed by atoms with Gasteiger partial charge in [-0.1, -0.05) is 82.6 Å². The van der Waals surface area contributed by atoms with Crippen molar-refractivity contribution in [2.24, 2.45) is 22.6 Å². The Kier molecular flexibility index (Phi) is 16.3. The van der Waals surface area contributed by atoms with E-state index in [2.05, 4.69) is 31.6 Å². The van der Waals surface area contributed by atoms with Crippen LogP contribution < -0.4 is 32.3 Å². The van der Waals surface area contributed by atoms with Gasteiger partial charge in [0.2, 0.25) is 17.7 Å². The summed E-state index contributed by atoms with van der Waals surface area (Å²) in [6.07, 6.45) is -0.602. The van der Waals surface area contributed by atoms with E-state index in [1.165, 1.54) is 20.9 Å². The fourth-order valence-electron chi connectivity index (χ4n) is 6.39. The summed E-state index contributed by atoms with van der Waals surface area (Å²) in [5.41, 5.74) is 10.0. The summed E-state index contributed by atoms with van der Waals surface area (Å²) in [7, 11) is 1.53. The van der Waals surface area contributed by atoms with Gasteiger partial charge in [-0.3, -0.25) is 24.2 Å². The molecule has 0 spiro atoms. The maximum atomic E-state index is 13.9. The number of hydrogen-bond acceptors (Lipinski definition) is 8. The number of Topliss-reactive ketones (excluding diaryl/α,β-unsaturated/α-hetero) is 1. The summed E-state index contributed by atoms with van der Waals surface area (Å²) in [6.45, 7) is 10.5. The third kappa shape index (κ3) is 12.0. The molecule has 0 aromatic heterocycles. The van der Waals surface area contributed by atoms with Gasteiger partial charge in [-0.25, -0.2) is 4.79 Å². The molecule has 0 saturated heterocycles. The van der Waals surface area contributed by atoms with Crippen LogP contribution in [-0.4, -0.2) is 91.1 Å². The second kappa shape index (κ2) is 20.3. The number of aliphatic hydroxyl groups excluding tert-OH is 1. The van der Waals surface area contributed by atoms with Crippen molar-refractivity contribution >= 4 is 35.6 Å². The molecule has 2 aromatic carbocycles. The summed E-state index contributed by atoms with van der Waals surface area (Å²) >= 11 is 0. The highest BCUT2D eigenvalue weighted by atomic mass is 16.5. The molecule has 8 N–H and O–H groups in total. The van der Waals surface area contributed by atoms with Crippen molar-refractivity contribution in [2.75, 3.05) is 20.2 Å². The Morgan fingerprint density at radius 3 is 1.92 bits per heavy atom. The quantitative estimate of drug-likeness (QED) is 0.0641. The monoisotopic (exact) mass is 735 g/mol. The fraction of sp³-hybridized carbons (Fsp3) is 0.538. The van der Waals surface area contributed by atoms with Crippen LogP contribution in [0.5, 0.6) is 0 Å². The van der Waals surface area contributed by atoms with E-state index in [1.54, 1.807) is 6.92 Å². The number of amides is 4. The number of benzene rings is 2. The first-order chi connectivity index (χ1) is 25.2. The largest absolute Gasteiger partial charge is 0.449 e. The third-order valence-electron chi connectivity index (χ3n) is 9.52. The van der Waals surface area contributed by atoms with Crippen LogP contribution in [0.4, 0.5) is 4.79 Å². The van der Waals surface area contributed by atoms with Crippen LogP contribution in [0, 0.1) is 11.8 Å². The zero-order chi connectivity index (χ0) is 39.2. The predicted octanol–water partition coefficient (Wildman–Crippen LogP) is 2.72. The Labute approximate surface area is 312 Å². The molecule has 290 valence electrons. The van der Waals surface area contributed by atoms with Gasteiger partial charge in [0.25, 0.3) is 0 Å². The molecule has 0 heterocycles. The molecule has 0 radical (unpaired) electrons. The Hall–Kier alpha value is -4.98. The Balaban J connectivity index is 1.77. The molecule has 0 aliphatic heterocycles. The number of nitrogens with one attached hydrogen (secondary N) is 5. The van der Waals surface area contributed by atoms with Crippen LogP contribution >= 0.6 is 0 Å². The Morgan fingerprint density at radius 1 is 0.830 bits per heavy atom. The summed E-state index contributed by atoms with van der Waals surface area (Å²) in [5, 5.41) is 23.8. The lowest BCUT2D eigenvalue weighted by Gasteiger charge is -2.29. The second-order valence-electron chi connectivity index (χ2n) is 14.1. The molecular formula is C39H57N7O7. The summed E-state index contributed by atoms with van der Waals surface area (Å²) in [6, 6.07) is 11.6. The molecule has 2 aromatic rings. The molecule has 0 saturated carbocycles. The van der Waals surface area contributed by atoms with Crippen molar-refractivity contribution in [3.63, 3.8) is 0 Å². The van der Waals surface area contributed by atoms with Crippen molar-refractivity contribution < 1.29 is 33.8 Å². The minimum Gasteiger partial charge on any atom is -0.449 e. The van der Waals surface area contributed by atoms with Crippen molar-refractivity contribution in [1.29, 1.82) is 0 Å². The maximum Gasteiger partial charge on any atom is 0.407 e. The van der Waals surface area contributed by atoms with Crippen molar-refractivity contribution in [3.05, 3.63) is 59.7 Å². The number of carbonyl (C=O) groups is 5. The van der Waals surface area contributed by atoms with E-state index in [9.17, 15) is 29.1 Å². The van der Waals surface area contributed by atoms with Crippen LogP contribution in [0.15, 0.2) is 53.5 Å². The lowest BCUT2D eigenvalue weighted by atomic mass is 9.96. The van der Waals surface area contributed by atoms with Crippen LogP contribution in [0.1, 0.15) is 84.3 Å². The van der Waals surface area contributed by atoms with E-state index < -0.39 is 59.9 Å². The van der Waals surface area contributed by atoms with E-state index in [-0.39, 0.29) is 43.2 Å². The Morgan fingerprint density at radius 2 is 1.40 bits per heavy atom. The minimum atomic E-state index is -1.15. The lowest BCUT2D eigenvalue weighted by molar-refractivity contribution is -0.135. The third-order valence-corrected chi connectivity index (χ3v) is 9.52. The van der Waals surface area contributed by atoms with Crippen LogP contribution in [0.25, 0.3) is 11.1 Å². The molecular weight excluding hydrogens is 678 g/mol. The molecule has 0 bridgehead atoms.